The van der Waals surface area contributed by atoms with Gasteiger partial charge >= 0.3 is 0 Å². The van der Waals surface area contributed by atoms with Crippen LogP contribution in [0.1, 0.15) is 5.56 Å². The molecule has 0 aliphatic carbocycles. The van der Waals surface area contributed by atoms with Crippen LogP contribution in [0.15, 0.2) is 36.4 Å². The van der Waals surface area contributed by atoms with Gasteiger partial charge in [-0.15, -0.1) is 0 Å². The number of nitrogens with one attached hydrogen (secondary N) is 2. The summed E-state index contributed by atoms with van der Waals surface area (Å²) in [4.78, 5) is 0. The van der Waals surface area contributed by atoms with Gasteiger partial charge in [-0.05, 0) is 11.5 Å². The van der Waals surface area contributed by atoms with Crippen LogP contribution in [-0.4, -0.2) is 0 Å². The van der Waals surface area contributed by atoms with Crippen molar-refractivity contribution < 1.29 is 0 Å². The maximum Gasteiger partial charge on any atom is 0.0796 e. The Morgan fingerprint density at radius 1 is 1.00 bits per heavy atom. The Labute approximate surface area is 82.2 Å². The Bertz CT molecular complexity index is 515. The normalized spacial score (nSPS) is 13.1. The van der Waals surface area contributed by atoms with Gasteiger partial charge in [-0.2, -0.15) is 0 Å². The molecule has 0 unspecified atom stereocenters. The summed E-state index contributed by atoms with van der Waals surface area (Å²) in [6.07, 6.45) is 4.86. The Kier molecular flexibility index (Phi) is 1.47. The fraction of sp³-hybridized carbons (Fsp3) is 0. The molecular weight excluding hydrogens is 172 g/mol. The summed E-state index contributed by atoms with van der Waals surface area (Å²) in [5, 5.41) is 2.48. The standard InChI is InChI=1S/C12H9N2/c1-2-4-11-9(3-1)5-6-10-7-8-13-14-12(10)11/h1-7,13-14H. The molecule has 14 heavy (non-hydrogen) atoms. The molecule has 67 valence electrons. The number of hydrazine groups is 1. The van der Waals surface area contributed by atoms with E-state index < -0.39 is 0 Å². The molecule has 2 nitrogen and oxygen atoms in total. The van der Waals surface area contributed by atoms with Crippen molar-refractivity contribution in [3.8, 4) is 0 Å². The summed E-state index contributed by atoms with van der Waals surface area (Å²) < 4.78 is 0. The van der Waals surface area contributed by atoms with Gasteiger partial charge < -0.3 is 0 Å². The van der Waals surface area contributed by atoms with Crippen LogP contribution < -0.4 is 10.9 Å². The number of benzene rings is 2. The third kappa shape index (κ3) is 0.973. The molecular formula is C12H9N2. The van der Waals surface area contributed by atoms with E-state index in [1.54, 1.807) is 0 Å². The van der Waals surface area contributed by atoms with Crippen LogP contribution in [0, 0.1) is 6.20 Å². The van der Waals surface area contributed by atoms with Crippen LogP contribution >= 0.6 is 0 Å². The molecule has 0 spiro atoms. The van der Waals surface area contributed by atoms with E-state index in [4.69, 9.17) is 0 Å². The van der Waals surface area contributed by atoms with E-state index in [0.29, 0.717) is 0 Å². The summed E-state index contributed by atoms with van der Waals surface area (Å²) in [6.45, 7) is 0. The summed E-state index contributed by atoms with van der Waals surface area (Å²) in [7, 11) is 0. The van der Waals surface area contributed by atoms with E-state index in [0.717, 1.165) is 5.69 Å². The Hall–Kier alpha value is -1.96. The largest absolute Gasteiger partial charge is 0.300 e. The number of hydrogen-bond donors (Lipinski definition) is 2. The minimum Gasteiger partial charge on any atom is -0.300 e. The highest BCUT2D eigenvalue weighted by atomic mass is 15.3. The zero-order chi connectivity index (χ0) is 9.38. The Morgan fingerprint density at radius 2 is 1.93 bits per heavy atom. The lowest BCUT2D eigenvalue weighted by atomic mass is 10.0. The lowest BCUT2D eigenvalue weighted by Crippen LogP contribution is -2.18. The lowest BCUT2D eigenvalue weighted by Gasteiger charge is -2.16. The maximum atomic E-state index is 3.11. The molecule has 3 rings (SSSR count). The molecule has 0 bridgehead atoms. The average Bonchev–Trinajstić information content (AvgIpc) is 2.29. The maximum absolute atomic E-state index is 3.11. The first-order valence-corrected chi connectivity index (χ1v) is 4.57. The molecule has 2 aromatic carbocycles. The van der Waals surface area contributed by atoms with E-state index in [1.807, 2.05) is 18.2 Å². The van der Waals surface area contributed by atoms with E-state index >= 15 is 0 Å². The molecule has 0 aromatic heterocycles. The average molecular weight is 181 g/mol. The monoisotopic (exact) mass is 181 g/mol. The van der Waals surface area contributed by atoms with Gasteiger partial charge in [0.2, 0.25) is 0 Å². The van der Waals surface area contributed by atoms with Crippen molar-refractivity contribution in [2.24, 2.45) is 0 Å². The van der Waals surface area contributed by atoms with Crippen molar-refractivity contribution >= 4 is 22.5 Å². The Morgan fingerprint density at radius 3 is 2.93 bits per heavy atom. The molecule has 1 radical (unpaired) electrons. The minimum absolute atomic E-state index is 1.13. The number of hydrogen-bond acceptors (Lipinski definition) is 2. The van der Waals surface area contributed by atoms with Crippen molar-refractivity contribution in [3.05, 3.63) is 48.2 Å². The predicted molar refractivity (Wildman–Crippen MR) is 58.4 cm³/mol. The van der Waals surface area contributed by atoms with E-state index in [-0.39, 0.29) is 0 Å². The van der Waals surface area contributed by atoms with E-state index in [2.05, 4.69) is 41.3 Å². The van der Waals surface area contributed by atoms with Gasteiger partial charge in [0.05, 0.1) is 11.9 Å². The number of fused-ring (bicyclic) bond motifs is 3. The summed E-state index contributed by atoms with van der Waals surface area (Å²) >= 11 is 0. The minimum atomic E-state index is 1.13. The fourth-order valence-electron chi connectivity index (χ4n) is 1.76. The van der Waals surface area contributed by atoms with Gasteiger partial charge in [-0.3, -0.25) is 10.9 Å². The van der Waals surface area contributed by atoms with Gasteiger partial charge in [-0.1, -0.05) is 36.4 Å². The van der Waals surface area contributed by atoms with Crippen molar-refractivity contribution in [1.82, 2.24) is 5.43 Å². The third-order valence-electron chi connectivity index (χ3n) is 2.45. The van der Waals surface area contributed by atoms with Crippen LogP contribution in [0.3, 0.4) is 0 Å². The van der Waals surface area contributed by atoms with Gasteiger partial charge in [0.15, 0.2) is 0 Å². The summed E-state index contributed by atoms with van der Waals surface area (Å²) in [5.41, 5.74) is 8.29. The molecule has 1 aliphatic heterocycles. The second kappa shape index (κ2) is 2.77. The van der Waals surface area contributed by atoms with Crippen LogP contribution in [-0.2, 0) is 0 Å². The van der Waals surface area contributed by atoms with Crippen molar-refractivity contribution in [2.75, 3.05) is 5.43 Å². The molecule has 0 atom stereocenters. The van der Waals surface area contributed by atoms with Gasteiger partial charge in [0.25, 0.3) is 0 Å². The summed E-state index contributed by atoms with van der Waals surface area (Å²) in [6, 6.07) is 12.5. The number of anilines is 1. The molecule has 0 saturated carbocycles. The molecule has 2 N–H and O–H groups in total. The van der Waals surface area contributed by atoms with Crippen molar-refractivity contribution in [2.45, 2.75) is 0 Å². The lowest BCUT2D eigenvalue weighted by molar-refractivity contribution is 1.02. The first-order valence-electron chi connectivity index (χ1n) is 4.57. The van der Waals surface area contributed by atoms with Crippen LogP contribution in [0.4, 0.5) is 5.69 Å². The summed E-state index contributed by atoms with van der Waals surface area (Å²) in [5.74, 6) is 0. The molecule has 2 aromatic rings. The SMILES string of the molecule is [C]1=Cc2ccc3ccccc3c2NN1. The quantitative estimate of drug-likeness (QED) is 0.652. The molecule has 2 heteroatoms. The van der Waals surface area contributed by atoms with Crippen LogP contribution in [0.5, 0.6) is 0 Å². The third-order valence-corrected chi connectivity index (χ3v) is 2.45. The highest BCUT2D eigenvalue weighted by Gasteiger charge is 2.06. The van der Waals surface area contributed by atoms with Crippen LogP contribution in [0.25, 0.3) is 16.8 Å². The van der Waals surface area contributed by atoms with Gasteiger partial charge in [-0.25, -0.2) is 0 Å². The van der Waals surface area contributed by atoms with E-state index in [1.165, 1.54) is 16.3 Å². The van der Waals surface area contributed by atoms with Crippen LogP contribution in [0.2, 0.25) is 0 Å². The van der Waals surface area contributed by atoms with Gasteiger partial charge in [0, 0.05) is 10.9 Å². The molecule has 0 saturated heterocycles. The smallest absolute Gasteiger partial charge is 0.0796 e. The highest BCUT2D eigenvalue weighted by molar-refractivity contribution is 5.98. The Balaban J connectivity index is 2.41. The van der Waals surface area contributed by atoms with Crippen molar-refractivity contribution in [3.63, 3.8) is 0 Å². The predicted octanol–water partition coefficient (Wildman–Crippen LogP) is 2.54. The zero-order valence-electron chi connectivity index (χ0n) is 7.54. The molecule has 1 aliphatic rings. The fourth-order valence-corrected chi connectivity index (χ4v) is 1.76. The van der Waals surface area contributed by atoms with Crippen molar-refractivity contribution in [1.29, 1.82) is 0 Å². The molecule has 0 amide bonds. The molecule has 0 fully saturated rings. The second-order valence-corrected chi connectivity index (χ2v) is 3.29. The first kappa shape index (κ1) is 7.44. The van der Waals surface area contributed by atoms with E-state index in [9.17, 15) is 0 Å². The van der Waals surface area contributed by atoms with Gasteiger partial charge in [0.1, 0.15) is 0 Å². The number of rotatable bonds is 0. The topological polar surface area (TPSA) is 24.1 Å². The highest BCUT2D eigenvalue weighted by Crippen LogP contribution is 2.28. The first-order chi connectivity index (χ1) is 6.95. The molecule has 1 heterocycles. The zero-order valence-corrected chi connectivity index (χ0v) is 7.54. The second-order valence-electron chi connectivity index (χ2n) is 3.29.